The summed E-state index contributed by atoms with van der Waals surface area (Å²) in [5, 5.41) is 0. The summed E-state index contributed by atoms with van der Waals surface area (Å²) in [4.78, 5) is 28.3. The van der Waals surface area contributed by atoms with Crippen molar-refractivity contribution in [2.24, 2.45) is 28.6 Å². The molecule has 1 aromatic carbocycles. The molecule has 0 unspecified atom stereocenters. The zero-order chi connectivity index (χ0) is 22.4. The highest BCUT2D eigenvalue weighted by Crippen LogP contribution is 2.69. The van der Waals surface area contributed by atoms with E-state index < -0.39 is 0 Å². The van der Waals surface area contributed by atoms with Crippen molar-refractivity contribution in [3.8, 4) is 0 Å². The molecule has 2 aliphatic heterocycles. The van der Waals surface area contributed by atoms with Gasteiger partial charge in [-0.05, 0) is 71.1 Å². The molecule has 0 spiro atoms. The van der Waals surface area contributed by atoms with Gasteiger partial charge in [-0.25, -0.2) is 23.5 Å². The van der Waals surface area contributed by atoms with Crippen LogP contribution in [0, 0.1) is 28.6 Å². The lowest BCUT2D eigenvalue weighted by Crippen LogP contribution is -2.54. The van der Waals surface area contributed by atoms with E-state index in [9.17, 15) is 9.59 Å². The Morgan fingerprint density at radius 2 is 1.61 bits per heavy atom. The predicted octanol–water partition coefficient (Wildman–Crippen LogP) is 4.51. The molecule has 3 heterocycles. The van der Waals surface area contributed by atoms with Crippen molar-refractivity contribution in [3.05, 3.63) is 74.1 Å². The summed E-state index contributed by atoms with van der Waals surface area (Å²) in [5.74, 6) is 1.26. The van der Waals surface area contributed by atoms with Crippen molar-refractivity contribution in [1.82, 2.24) is 13.9 Å². The number of nitrogens with zero attached hydrogens (tertiary/aromatic N) is 3. The van der Waals surface area contributed by atoms with E-state index in [1.54, 1.807) is 4.57 Å². The molecule has 5 nitrogen and oxygen atoms in total. The first kappa shape index (κ1) is 18.8. The summed E-state index contributed by atoms with van der Waals surface area (Å²) in [5.41, 5.74) is 5.45. The molecular formula is C28H31N3O2. The Morgan fingerprint density at radius 3 is 2.27 bits per heavy atom. The quantitative estimate of drug-likeness (QED) is 0.612. The minimum Gasteiger partial charge on any atom is -0.246 e. The minimum absolute atomic E-state index is 0.00531. The highest BCUT2D eigenvalue weighted by Gasteiger charge is 2.63. The number of aromatic nitrogens is 3. The van der Waals surface area contributed by atoms with Crippen LogP contribution in [0.2, 0.25) is 0 Å². The first-order chi connectivity index (χ1) is 15.8. The van der Waals surface area contributed by atoms with Crippen LogP contribution in [0.15, 0.2) is 51.6 Å². The fourth-order valence-electron chi connectivity index (χ4n) is 9.07. The molecular weight excluding hydrogens is 410 g/mol. The first-order valence-electron chi connectivity index (χ1n) is 12.8. The lowest BCUT2D eigenvalue weighted by molar-refractivity contribution is 0.103. The molecule has 7 atom stereocenters. The molecule has 2 fully saturated rings. The zero-order valence-corrected chi connectivity index (χ0v) is 19.6. The van der Waals surface area contributed by atoms with Crippen LogP contribution in [-0.4, -0.2) is 13.9 Å². The normalized spacial score (nSPS) is 40.3. The van der Waals surface area contributed by atoms with E-state index in [4.69, 9.17) is 0 Å². The molecule has 33 heavy (non-hydrogen) atoms. The number of rotatable bonds is 1. The van der Waals surface area contributed by atoms with E-state index in [0.717, 1.165) is 25.7 Å². The average Bonchev–Trinajstić information content (AvgIpc) is 3.25. The number of aryl methyl sites for hydroxylation is 1. The second kappa shape index (κ2) is 5.56. The van der Waals surface area contributed by atoms with Crippen molar-refractivity contribution in [2.75, 3.05) is 0 Å². The molecule has 0 amide bonds. The molecule has 170 valence electrons. The maximum Gasteiger partial charge on any atom is 0.348 e. The van der Waals surface area contributed by atoms with Crippen molar-refractivity contribution in [2.45, 2.75) is 71.0 Å². The smallest absolute Gasteiger partial charge is 0.246 e. The summed E-state index contributed by atoms with van der Waals surface area (Å²) in [6.07, 6.45) is 9.86. The molecule has 0 saturated heterocycles. The van der Waals surface area contributed by atoms with Crippen LogP contribution in [0.4, 0.5) is 0 Å². The number of fused-ring (bicyclic) bond motifs is 3. The summed E-state index contributed by atoms with van der Waals surface area (Å²) in [6, 6.07) is 8.64. The van der Waals surface area contributed by atoms with Crippen molar-refractivity contribution >= 4 is 5.57 Å². The Morgan fingerprint density at radius 1 is 0.909 bits per heavy atom. The van der Waals surface area contributed by atoms with Crippen LogP contribution < -0.4 is 11.4 Å². The fraction of sp³-hybridized carbons (Fsp3) is 0.571. The Kier molecular flexibility index (Phi) is 3.17. The van der Waals surface area contributed by atoms with E-state index in [2.05, 4.69) is 57.2 Å². The Labute approximate surface area is 193 Å². The summed E-state index contributed by atoms with van der Waals surface area (Å²) < 4.78 is 5.49. The molecule has 5 aliphatic carbocycles. The number of hydrogen-bond donors (Lipinski definition) is 0. The number of allylic oxidation sites excluding steroid dienone is 4. The third-order valence-electron chi connectivity index (χ3n) is 11.3. The van der Waals surface area contributed by atoms with Crippen LogP contribution >= 0.6 is 0 Å². The zero-order valence-electron chi connectivity index (χ0n) is 19.6. The summed E-state index contributed by atoms with van der Waals surface area (Å²) in [6.45, 7) is 7.04. The summed E-state index contributed by atoms with van der Waals surface area (Å²) in [7, 11) is 0. The molecule has 4 bridgehead atoms. The van der Waals surface area contributed by atoms with Gasteiger partial charge >= 0.3 is 11.4 Å². The van der Waals surface area contributed by atoms with Gasteiger partial charge in [0, 0.05) is 17.9 Å². The largest absolute Gasteiger partial charge is 0.348 e. The summed E-state index contributed by atoms with van der Waals surface area (Å²) >= 11 is 0. The van der Waals surface area contributed by atoms with Crippen LogP contribution in [0.5, 0.6) is 0 Å². The standard InChI is InChI=1S/C28H31N3O2/c1-27(2)16-12-13-28(27,3)21(14-16)29-25(32)30-23-18-10-11-19(18)24(31(30)26(29)33)22-17-7-5-4-6-15(17)8-9-20(22)23/h4-7,10-11,16,18-19,21,23-24H,8-9,12-14H2,1-3H3/t16-,18+,19+,21+,23+,24+,28-/m0/s1. The van der Waals surface area contributed by atoms with Crippen molar-refractivity contribution < 1.29 is 0 Å². The number of hydrogen-bond acceptors (Lipinski definition) is 2. The van der Waals surface area contributed by atoms with Gasteiger partial charge in [-0.15, -0.1) is 0 Å². The highest BCUT2D eigenvalue weighted by atomic mass is 16.2. The molecule has 9 rings (SSSR count). The average molecular weight is 442 g/mol. The molecule has 0 radical (unpaired) electrons. The van der Waals surface area contributed by atoms with Crippen LogP contribution in [0.3, 0.4) is 0 Å². The SMILES string of the molecule is CC1(C)[C@H]2CC[C@@]1(C)[C@H](n1c(=O)n3n(c1=O)[C@H]1C4=C(CCc5ccccc54)[C@H]3[C@@H]3C=C[C@H]31)C2. The number of benzene rings is 1. The maximum absolute atomic E-state index is 14.2. The van der Waals surface area contributed by atoms with Gasteiger partial charge in [0.2, 0.25) is 0 Å². The Bertz CT molecular complexity index is 1430. The van der Waals surface area contributed by atoms with Crippen molar-refractivity contribution in [3.63, 3.8) is 0 Å². The lowest BCUT2D eigenvalue weighted by Gasteiger charge is -2.54. The molecule has 5 heteroatoms. The second-order valence-corrected chi connectivity index (χ2v) is 12.3. The minimum atomic E-state index is -0.0714. The van der Waals surface area contributed by atoms with Gasteiger partial charge in [-0.2, -0.15) is 0 Å². The maximum atomic E-state index is 14.2. The topological polar surface area (TPSA) is 48.9 Å². The van der Waals surface area contributed by atoms with Gasteiger partial charge in [0.15, 0.2) is 0 Å². The van der Waals surface area contributed by atoms with Crippen LogP contribution in [0.1, 0.15) is 75.7 Å². The van der Waals surface area contributed by atoms with E-state index >= 15 is 0 Å². The molecule has 7 aliphatic rings. The third-order valence-corrected chi connectivity index (χ3v) is 11.3. The van der Waals surface area contributed by atoms with Gasteiger partial charge in [0.05, 0.1) is 12.1 Å². The third kappa shape index (κ3) is 1.85. The Hall–Kier alpha value is -2.56. The molecule has 1 aromatic heterocycles. The first-order valence-corrected chi connectivity index (χ1v) is 12.8. The van der Waals surface area contributed by atoms with Gasteiger partial charge in [0.25, 0.3) is 0 Å². The van der Waals surface area contributed by atoms with Crippen LogP contribution in [0.25, 0.3) is 5.57 Å². The Balaban J connectivity index is 1.37. The highest BCUT2D eigenvalue weighted by molar-refractivity contribution is 5.79. The van der Waals surface area contributed by atoms with E-state index in [0.29, 0.717) is 17.8 Å². The van der Waals surface area contributed by atoms with Gasteiger partial charge in [0.1, 0.15) is 0 Å². The monoisotopic (exact) mass is 441 g/mol. The second-order valence-electron chi connectivity index (χ2n) is 12.3. The van der Waals surface area contributed by atoms with E-state index in [-0.39, 0.29) is 40.3 Å². The van der Waals surface area contributed by atoms with Gasteiger partial charge < -0.3 is 0 Å². The van der Waals surface area contributed by atoms with E-state index in [1.165, 1.54) is 28.7 Å². The molecule has 2 saturated carbocycles. The van der Waals surface area contributed by atoms with Crippen LogP contribution in [-0.2, 0) is 6.42 Å². The van der Waals surface area contributed by atoms with Gasteiger partial charge in [-0.3, -0.25) is 0 Å². The van der Waals surface area contributed by atoms with E-state index in [1.807, 2.05) is 9.36 Å². The predicted molar refractivity (Wildman–Crippen MR) is 127 cm³/mol. The van der Waals surface area contributed by atoms with Crippen molar-refractivity contribution in [1.29, 1.82) is 0 Å². The molecule has 2 aromatic rings. The van der Waals surface area contributed by atoms with Gasteiger partial charge in [-0.1, -0.05) is 57.2 Å². The lowest BCUT2D eigenvalue weighted by atomic mass is 9.59. The molecule has 0 N–H and O–H groups in total. The fourth-order valence-corrected chi connectivity index (χ4v) is 9.07.